The second-order valence-corrected chi connectivity index (χ2v) is 5.58. The van der Waals surface area contributed by atoms with Gasteiger partial charge in [-0.15, -0.1) is 11.8 Å². The van der Waals surface area contributed by atoms with Gasteiger partial charge in [0.05, 0.1) is 6.61 Å². The Kier molecular flexibility index (Phi) is 4.70. The summed E-state index contributed by atoms with van der Waals surface area (Å²) in [7, 11) is 0. The van der Waals surface area contributed by atoms with Crippen LogP contribution in [0.1, 0.15) is 16.7 Å². The summed E-state index contributed by atoms with van der Waals surface area (Å²) < 4.78 is 0. The number of halogens is 1. The molecule has 2 aromatic carbocycles. The van der Waals surface area contributed by atoms with Crippen molar-refractivity contribution in [3.05, 3.63) is 64.2 Å². The lowest BCUT2D eigenvalue weighted by atomic mass is 10.1. The highest BCUT2D eigenvalue weighted by atomic mass is 35.5. The monoisotopic (exact) mass is 278 g/mol. The quantitative estimate of drug-likeness (QED) is 0.835. The molecule has 0 unspecified atom stereocenters. The fourth-order valence-electron chi connectivity index (χ4n) is 1.74. The van der Waals surface area contributed by atoms with Crippen LogP contribution >= 0.6 is 23.4 Å². The molecule has 1 N–H and O–H groups in total. The van der Waals surface area contributed by atoms with Crippen LogP contribution in [0.25, 0.3) is 0 Å². The summed E-state index contributed by atoms with van der Waals surface area (Å²) in [6.07, 6.45) is 0. The minimum atomic E-state index is 0.0245. The molecule has 0 aliphatic rings. The van der Waals surface area contributed by atoms with Crippen molar-refractivity contribution in [1.29, 1.82) is 0 Å². The molecule has 2 rings (SSSR count). The zero-order chi connectivity index (χ0) is 13.0. The van der Waals surface area contributed by atoms with E-state index >= 15 is 0 Å². The third-order valence-electron chi connectivity index (χ3n) is 2.84. The van der Waals surface area contributed by atoms with E-state index in [1.54, 1.807) is 11.8 Å². The molecular weight excluding hydrogens is 264 g/mol. The molecule has 0 amide bonds. The summed E-state index contributed by atoms with van der Waals surface area (Å²) in [6.45, 7) is 2.14. The van der Waals surface area contributed by atoms with Crippen LogP contribution in [0.5, 0.6) is 0 Å². The van der Waals surface area contributed by atoms with Crippen LogP contribution in [0.2, 0.25) is 5.02 Å². The molecule has 0 spiro atoms. The standard InChI is InChI=1S/C15H15ClOS/c1-11-4-2-3-5-12(11)10-18-15-7-6-14(16)8-13(15)9-17/h2-8,17H,9-10H2,1H3. The lowest BCUT2D eigenvalue weighted by Crippen LogP contribution is -1.90. The van der Waals surface area contributed by atoms with Crippen LogP contribution in [0.4, 0.5) is 0 Å². The van der Waals surface area contributed by atoms with Gasteiger partial charge in [0.15, 0.2) is 0 Å². The van der Waals surface area contributed by atoms with Gasteiger partial charge >= 0.3 is 0 Å². The van der Waals surface area contributed by atoms with E-state index in [9.17, 15) is 5.11 Å². The van der Waals surface area contributed by atoms with Gasteiger partial charge in [-0.1, -0.05) is 35.9 Å². The Labute approximate surface area is 117 Å². The third kappa shape index (κ3) is 3.29. The average Bonchev–Trinajstić information content (AvgIpc) is 2.39. The molecule has 0 radical (unpaired) electrons. The molecule has 94 valence electrons. The summed E-state index contributed by atoms with van der Waals surface area (Å²) in [6, 6.07) is 14.0. The van der Waals surface area contributed by atoms with Crippen LogP contribution in [0.3, 0.4) is 0 Å². The van der Waals surface area contributed by atoms with Crippen molar-refractivity contribution >= 4 is 23.4 Å². The van der Waals surface area contributed by atoms with E-state index in [2.05, 4.69) is 25.1 Å². The second kappa shape index (κ2) is 6.28. The Bertz CT molecular complexity index is 540. The first-order chi connectivity index (χ1) is 8.70. The number of thioether (sulfide) groups is 1. The smallest absolute Gasteiger partial charge is 0.0693 e. The van der Waals surface area contributed by atoms with Gasteiger partial charge in [-0.3, -0.25) is 0 Å². The van der Waals surface area contributed by atoms with Crippen molar-refractivity contribution in [1.82, 2.24) is 0 Å². The Hall–Kier alpha value is -0.960. The zero-order valence-electron chi connectivity index (χ0n) is 10.2. The van der Waals surface area contributed by atoms with E-state index < -0.39 is 0 Å². The van der Waals surface area contributed by atoms with E-state index in [1.807, 2.05) is 24.3 Å². The maximum atomic E-state index is 9.32. The molecule has 2 aromatic rings. The maximum absolute atomic E-state index is 9.32. The first-order valence-corrected chi connectivity index (χ1v) is 7.13. The van der Waals surface area contributed by atoms with Crippen LogP contribution in [0.15, 0.2) is 47.4 Å². The van der Waals surface area contributed by atoms with Gasteiger partial charge in [-0.25, -0.2) is 0 Å². The predicted molar refractivity (Wildman–Crippen MR) is 78.1 cm³/mol. The van der Waals surface area contributed by atoms with Crippen LogP contribution in [-0.2, 0) is 12.4 Å². The molecule has 0 atom stereocenters. The van der Waals surface area contributed by atoms with Crippen LogP contribution in [-0.4, -0.2) is 5.11 Å². The van der Waals surface area contributed by atoms with Gasteiger partial charge in [0.25, 0.3) is 0 Å². The van der Waals surface area contributed by atoms with Gasteiger partial charge in [-0.05, 0) is 41.8 Å². The number of aliphatic hydroxyl groups is 1. The fraction of sp³-hybridized carbons (Fsp3) is 0.200. The molecule has 18 heavy (non-hydrogen) atoms. The van der Waals surface area contributed by atoms with Gasteiger partial charge in [0.1, 0.15) is 0 Å². The highest BCUT2D eigenvalue weighted by molar-refractivity contribution is 7.98. The van der Waals surface area contributed by atoms with Gasteiger partial charge < -0.3 is 5.11 Å². The number of aliphatic hydroxyl groups excluding tert-OH is 1. The van der Waals surface area contributed by atoms with Crippen molar-refractivity contribution in [2.45, 2.75) is 24.2 Å². The summed E-state index contributed by atoms with van der Waals surface area (Å²) in [5.41, 5.74) is 3.51. The summed E-state index contributed by atoms with van der Waals surface area (Å²) in [4.78, 5) is 1.09. The van der Waals surface area contributed by atoms with Crippen molar-refractivity contribution < 1.29 is 5.11 Å². The Morgan fingerprint density at radius 2 is 1.89 bits per heavy atom. The topological polar surface area (TPSA) is 20.2 Å². The minimum absolute atomic E-state index is 0.0245. The number of aryl methyl sites for hydroxylation is 1. The number of benzene rings is 2. The van der Waals surface area contributed by atoms with Crippen molar-refractivity contribution in [3.63, 3.8) is 0 Å². The Balaban J connectivity index is 2.13. The molecule has 0 aliphatic carbocycles. The lowest BCUT2D eigenvalue weighted by molar-refractivity contribution is 0.279. The largest absolute Gasteiger partial charge is 0.392 e. The molecule has 0 aromatic heterocycles. The maximum Gasteiger partial charge on any atom is 0.0693 e. The van der Waals surface area contributed by atoms with E-state index in [1.165, 1.54) is 11.1 Å². The second-order valence-electron chi connectivity index (χ2n) is 4.13. The third-order valence-corrected chi connectivity index (χ3v) is 4.24. The molecule has 0 saturated heterocycles. The van der Waals surface area contributed by atoms with Crippen molar-refractivity contribution in [2.75, 3.05) is 0 Å². The van der Waals surface area contributed by atoms with Crippen LogP contribution in [0, 0.1) is 6.92 Å². The first kappa shape index (κ1) is 13.5. The highest BCUT2D eigenvalue weighted by Gasteiger charge is 2.05. The molecule has 3 heteroatoms. The lowest BCUT2D eigenvalue weighted by Gasteiger charge is -2.09. The highest BCUT2D eigenvalue weighted by Crippen LogP contribution is 2.29. The van der Waals surface area contributed by atoms with Crippen molar-refractivity contribution in [3.8, 4) is 0 Å². The van der Waals surface area contributed by atoms with Crippen molar-refractivity contribution in [2.24, 2.45) is 0 Å². The molecule has 0 fully saturated rings. The van der Waals surface area contributed by atoms with E-state index in [-0.39, 0.29) is 6.61 Å². The van der Waals surface area contributed by atoms with Crippen LogP contribution < -0.4 is 0 Å². The molecule has 1 nitrogen and oxygen atoms in total. The Morgan fingerprint density at radius 3 is 2.61 bits per heavy atom. The van der Waals surface area contributed by atoms with Gasteiger partial charge in [0.2, 0.25) is 0 Å². The zero-order valence-corrected chi connectivity index (χ0v) is 11.8. The molecule has 0 bridgehead atoms. The molecule has 0 aliphatic heterocycles. The summed E-state index contributed by atoms with van der Waals surface area (Å²) >= 11 is 7.65. The van der Waals surface area contributed by atoms with E-state index in [4.69, 9.17) is 11.6 Å². The summed E-state index contributed by atoms with van der Waals surface area (Å²) in [5, 5.41) is 9.99. The normalized spacial score (nSPS) is 10.6. The number of hydrogen-bond acceptors (Lipinski definition) is 2. The average molecular weight is 279 g/mol. The number of hydrogen-bond donors (Lipinski definition) is 1. The molecule has 0 heterocycles. The predicted octanol–water partition coefficient (Wildman–Crippen LogP) is 4.43. The fourth-order valence-corrected chi connectivity index (χ4v) is 3.04. The minimum Gasteiger partial charge on any atom is -0.392 e. The van der Waals surface area contributed by atoms with E-state index in [0.717, 1.165) is 16.2 Å². The summed E-state index contributed by atoms with van der Waals surface area (Å²) in [5.74, 6) is 0.904. The van der Waals surface area contributed by atoms with E-state index in [0.29, 0.717) is 5.02 Å². The molecular formula is C15H15ClOS. The SMILES string of the molecule is Cc1ccccc1CSc1ccc(Cl)cc1CO. The van der Waals surface area contributed by atoms with Gasteiger partial charge in [0, 0.05) is 15.7 Å². The first-order valence-electron chi connectivity index (χ1n) is 5.77. The number of rotatable bonds is 4. The Morgan fingerprint density at radius 1 is 1.11 bits per heavy atom. The molecule has 0 saturated carbocycles. The van der Waals surface area contributed by atoms with Gasteiger partial charge in [-0.2, -0.15) is 0 Å².